The lowest BCUT2D eigenvalue weighted by molar-refractivity contribution is 0.136. The molecule has 0 fully saturated rings. The molecule has 0 heterocycles. The van der Waals surface area contributed by atoms with Crippen molar-refractivity contribution in [1.29, 1.82) is 0 Å². The van der Waals surface area contributed by atoms with Crippen LogP contribution < -0.4 is 0 Å². The third-order valence-corrected chi connectivity index (χ3v) is 1.79. The van der Waals surface area contributed by atoms with Gasteiger partial charge in [-0.15, -0.1) is 0 Å². The Bertz CT molecular complexity index is 108. The highest BCUT2D eigenvalue weighted by Gasteiger charge is 2.04. The predicted octanol–water partition coefficient (Wildman–Crippen LogP) is 1.33. The first-order valence-corrected chi connectivity index (χ1v) is 4.12. The fraction of sp³-hybridized carbons (Fsp3) is 0.778. The Kier molecular flexibility index (Phi) is 6.18. The van der Waals surface area contributed by atoms with Crippen molar-refractivity contribution in [3.63, 3.8) is 0 Å². The lowest BCUT2D eigenvalue weighted by Crippen LogP contribution is -2.11. The number of allylic oxidation sites excluding steroid dienone is 1. The molecule has 0 amide bonds. The van der Waals surface area contributed by atoms with E-state index in [1.165, 1.54) is 0 Å². The van der Waals surface area contributed by atoms with Crippen molar-refractivity contribution in [3.05, 3.63) is 12.2 Å². The van der Waals surface area contributed by atoms with Crippen molar-refractivity contribution in [2.75, 3.05) is 6.61 Å². The zero-order valence-electron chi connectivity index (χ0n) is 7.33. The molecule has 0 bridgehead atoms. The molecule has 11 heavy (non-hydrogen) atoms. The van der Waals surface area contributed by atoms with Gasteiger partial charge >= 0.3 is 0 Å². The van der Waals surface area contributed by atoms with E-state index in [1.807, 2.05) is 19.1 Å². The first-order valence-electron chi connectivity index (χ1n) is 4.12. The second-order valence-corrected chi connectivity index (χ2v) is 2.94. The van der Waals surface area contributed by atoms with Gasteiger partial charge in [0, 0.05) is 6.61 Å². The second kappa shape index (κ2) is 6.38. The van der Waals surface area contributed by atoms with Crippen LogP contribution in [0.3, 0.4) is 0 Å². The molecule has 0 aromatic rings. The van der Waals surface area contributed by atoms with Crippen molar-refractivity contribution in [3.8, 4) is 0 Å². The van der Waals surface area contributed by atoms with E-state index in [4.69, 9.17) is 10.2 Å². The van der Waals surface area contributed by atoms with Gasteiger partial charge in [-0.25, -0.2) is 0 Å². The summed E-state index contributed by atoms with van der Waals surface area (Å²) >= 11 is 0. The molecule has 0 rings (SSSR count). The van der Waals surface area contributed by atoms with E-state index in [0.29, 0.717) is 12.3 Å². The highest BCUT2D eigenvalue weighted by Crippen LogP contribution is 2.07. The summed E-state index contributed by atoms with van der Waals surface area (Å²) in [7, 11) is 0. The van der Waals surface area contributed by atoms with Crippen LogP contribution in [0.5, 0.6) is 0 Å². The minimum atomic E-state index is -0.242. The van der Waals surface area contributed by atoms with Gasteiger partial charge in [0.25, 0.3) is 0 Å². The summed E-state index contributed by atoms with van der Waals surface area (Å²) < 4.78 is 0. The van der Waals surface area contributed by atoms with E-state index in [-0.39, 0.29) is 12.7 Å². The average Bonchev–Trinajstić information content (AvgIpc) is 1.97. The molecule has 66 valence electrons. The maximum Gasteiger partial charge on any atom is 0.0540 e. The fourth-order valence-corrected chi connectivity index (χ4v) is 0.700. The van der Waals surface area contributed by atoms with E-state index in [1.54, 1.807) is 6.92 Å². The molecule has 0 aromatic heterocycles. The number of hydrogen-bond acceptors (Lipinski definition) is 2. The van der Waals surface area contributed by atoms with Gasteiger partial charge < -0.3 is 10.2 Å². The molecule has 2 atom stereocenters. The van der Waals surface area contributed by atoms with Crippen molar-refractivity contribution in [1.82, 2.24) is 0 Å². The first kappa shape index (κ1) is 10.7. The second-order valence-electron chi connectivity index (χ2n) is 2.94. The third-order valence-electron chi connectivity index (χ3n) is 1.79. The Morgan fingerprint density at radius 2 is 1.91 bits per heavy atom. The van der Waals surface area contributed by atoms with Crippen LogP contribution in [-0.4, -0.2) is 22.9 Å². The van der Waals surface area contributed by atoms with Gasteiger partial charge in [-0.1, -0.05) is 19.1 Å². The number of hydrogen-bond donors (Lipinski definition) is 2. The molecule has 0 aliphatic carbocycles. The van der Waals surface area contributed by atoms with Crippen LogP contribution in [0.2, 0.25) is 0 Å². The summed E-state index contributed by atoms with van der Waals surface area (Å²) in [4.78, 5) is 0. The van der Waals surface area contributed by atoms with Crippen molar-refractivity contribution < 1.29 is 10.2 Å². The molecular formula is C9H18O2. The monoisotopic (exact) mass is 158 g/mol. The van der Waals surface area contributed by atoms with E-state index in [9.17, 15) is 0 Å². The molecular weight excluding hydrogens is 140 g/mol. The Morgan fingerprint density at radius 3 is 2.36 bits per heavy atom. The highest BCUT2D eigenvalue weighted by molar-refractivity contribution is 4.83. The van der Waals surface area contributed by atoms with Crippen LogP contribution in [0.1, 0.15) is 26.7 Å². The smallest absolute Gasteiger partial charge is 0.0540 e. The zero-order valence-corrected chi connectivity index (χ0v) is 7.33. The molecule has 0 radical (unpaired) electrons. The molecule has 0 spiro atoms. The third kappa shape index (κ3) is 6.07. The minimum absolute atomic E-state index is 0.208. The van der Waals surface area contributed by atoms with Gasteiger partial charge in [0.1, 0.15) is 0 Å². The highest BCUT2D eigenvalue weighted by atomic mass is 16.3. The Morgan fingerprint density at radius 1 is 1.27 bits per heavy atom. The van der Waals surface area contributed by atoms with Gasteiger partial charge in [-0.3, -0.25) is 0 Å². The lowest BCUT2D eigenvalue weighted by atomic mass is 10.0. The summed E-state index contributed by atoms with van der Waals surface area (Å²) in [5, 5.41) is 17.5. The van der Waals surface area contributed by atoms with Crippen molar-refractivity contribution >= 4 is 0 Å². The standard InChI is InChI=1S/C9H18O2/c1-8(9(2)11)6-4-3-5-7-10/h3-4,8-11H,5-7H2,1-2H3/b4-3+. The summed E-state index contributed by atoms with van der Waals surface area (Å²) in [5.74, 6) is 0.310. The van der Waals surface area contributed by atoms with Crippen LogP contribution in [0.15, 0.2) is 12.2 Å². The Hall–Kier alpha value is -0.340. The maximum atomic E-state index is 9.09. The number of aliphatic hydroxyl groups is 2. The van der Waals surface area contributed by atoms with Crippen LogP contribution >= 0.6 is 0 Å². The average molecular weight is 158 g/mol. The summed E-state index contributed by atoms with van der Waals surface area (Å²) in [6.45, 7) is 4.01. The summed E-state index contributed by atoms with van der Waals surface area (Å²) in [5.41, 5.74) is 0. The fourth-order valence-electron chi connectivity index (χ4n) is 0.700. The van der Waals surface area contributed by atoms with Gasteiger partial charge in [0.2, 0.25) is 0 Å². The quantitative estimate of drug-likeness (QED) is 0.593. The largest absolute Gasteiger partial charge is 0.396 e. The van der Waals surface area contributed by atoms with E-state index in [0.717, 1.165) is 6.42 Å². The molecule has 0 aliphatic rings. The molecule has 0 aliphatic heterocycles. The number of rotatable bonds is 5. The van der Waals surface area contributed by atoms with Crippen LogP contribution in [0.4, 0.5) is 0 Å². The summed E-state index contributed by atoms with van der Waals surface area (Å²) in [6, 6.07) is 0. The number of aliphatic hydroxyl groups excluding tert-OH is 2. The Balaban J connectivity index is 3.36. The maximum absolute atomic E-state index is 9.09. The topological polar surface area (TPSA) is 40.5 Å². The summed E-state index contributed by atoms with van der Waals surface area (Å²) in [6.07, 6.45) is 5.31. The van der Waals surface area contributed by atoms with Gasteiger partial charge in [0.05, 0.1) is 6.10 Å². The first-order chi connectivity index (χ1) is 5.18. The van der Waals surface area contributed by atoms with Crippen LogP contribution in [0.25, 0.3) is 0 Å². The van der Waals surface area contributed by atoms with Crippen molar-refractivity contribution in [2.45, 2.75) is 32.8 Å². The van der Waals surface area contributed by atoms with Crippen molar-refractivity contribution in [2.24, 2.45) is 5.92 Å². The predicted molar refractivity (Wildman–Crippen MR) is 46.3 cm³/mol. The molecule has 2 unspecified atom stereocenters. The minimum Gasteiger partial charge on any atom is -0.396 e. The van der Waals surface area contributed by atoms with Gasteiger partial charge in [-0.05, 0) is 25.7 Å². The SMILES string of the molecule is CC(O)C(C)C/C=C/CCO. The molecule has 2 heteroatoms. The zero-order chi connectivity index (χ0) is 8.69. The van der Waals surface area contributed by atoms with Gasteiger partial charge in [0.15, 0.2) is 0 Å². The molecule has 0 saturated carbocycles. The lowest BCUT2D eigenvalue weighted by Gasteiger charge is -2.10. The normalized spacial score (nSPS) is 17.1. The molecule has 2 nitrogen and oxygen atoms in total. The Labute approximate surface area is 68.6 Å². The molecule has 0 aromatic carbocycles. The van der Waals surface area contributed by atoms with E-state index in [2.05, 4.69) is 0 Å². The molecule has 2 N–H and O–H groups in total. The van der Waals surface area contributed by atoms with Crippen LogP contribution in [-0.2, 0) is 0 Å². The van der Waals surface area contributed by atoms with E-state index >= 15 is 0 Å². The van der Waals surface area contributed by atoms with Gasteiger partial charge in [-0.2, -0.15) is 0 Å². The van der Waals surface area contributed by atoms with Crippen LogP contribution in [0, 0.1) is 5.92 Å². The molecule has 0 saturated heterocycles. The van der Waals surface area contributed by atoms with E-state index < -0.39 is 0 Å².